The van der Waals surface area contributed by atoms with Crippen LogP contribution in [0.1, 0.15) is 22.7 Å². The maximum atomic E-state index is 13.5. The van der Waals surface area contributed by atoms with Gasteiger partial charge in [-0.3, -0.25) is 4.98 Å². The molecule has 0 bridgehead atoms. The molecule has 2 aromatic carbocycles. The lowest BCUT2D eigenvalue weighted by molar-refractivity contribution is 0.623. The normalized spacial score (nSPS) is 12.6. The van der Waals surface area contributed by atoms with Gasteiger partial charge in [-0.05, 0) is 47.9 Å². The van der Waals surface area contributed by atoms with E-state index in [0.29, 0.717) is 0 Å². The van der Waals surface area contributed by atoms with Gasteiger partial charge in [0.25, 0.3) is 0 Å². The van der Waals surface area contributed by atoms with Crippen LogP contribution in [0.5, 0.6) is 0 Å². The number of nitrogens with two attached hydrogens (primary N) is 1. The van der Waals surface area contributed by atoms with E-state index >= 15 is 0 Å². The zero-order valence-electron chi connectivity index (χ0n) is 11.2. The first kappa shape index (κ1) is 12.8. The van der Waals surface area contributed by atoms with Crippen molar-refractivity contribution >= 4 is 10.9 Å². The van der Waals surface area contributed by atoms with Gasteiger partial charge in [-0.15, -0.1) is 0 Å². The van der Waals surface area contributed by atoms with Crippen LogP contribution < -0.4 is 5.73 Å². The van der Waals surface area contributed by atoms with Gasteiger partial charge in [0.15, 0.2) is 0 Å². The van der Waals surface area contributed by atoms with Crippen LogP contribution in [0, 0.1) is 12.7 Å². The maximum absolute atomic E-state index is 13.5. The second-order valence-electron chi connectivity index (χ2n) is 4.90. The minimum Gasteiger partial charge on any atom is -0.320 e. The van der Waals surface area contributed by atoms with Crippen LogP contribution in [0.3, 0.4) is 0 Å². The average molecular weight is 266 g/mol. The van der Waals surface area contributed by atoms with Gasteiger partial charge < -0.3 is 5.73 Å². The molecule has 1 unspecified atom stereocenters. The van der Waals surface area contributed by atoms with Crippen LogP contribution in [0.4, 0.5) is 4.39 Å². The number of aromatic nitrogens is 1. The topological polar surface area (TPSA) is 38.9 Å². The first-order valence-corrected chi connectivity index (χ1v) is 6.52. The molecule has 2 nitrogen and oxygen atoms in total. The summed E-state index contributed by atoms with van der Waals surface area (Å²) in [5, 5.41) is 1.01. The third kappa shape index (κ3) is 2.17. The smallest absolute Gasteiger partial charge is 0.123 e. The number of hydrogen-bond acceptors (Lipinski definition) is 2. The fraction of sp³-hybridized carbons (Fsp3) is 0.118. The van der Waals surface area contributed by atoms with Crippen molar-refractivity contribution in [3.8, 4) is 0 Å². The lowest BCUT2D eigenvalue weighted by Gasteiger charge is -2.17. The van der Waals surface area contributed by atoms with Gasteiger partial charge in [-0.1, -0.05) is 24.3 Å². The summed E-state index contributed by atoms with van der Waals surface area (Å²) in [6.45, 7) is 1.94. The molecule has 20 heavy (non-hydrogen) atoms. The Kier molecular flexibility index (Phi) is 3.20. The molecule has 3 rings (SSSR count). The van der Waals surface area contributed by atoms with Gasteiger partial charge in [-0.25, -0.2) is 4.39 Å². The second-order valence-corrected chi connectivity index (χ2v) is 4.90. The van der Waals surface area contributed by atoms with Crippen LogP contribution >= 0.6 is 0 Å². The maximum Gasteiger partial charge on any atom is 0.123 e. The Balaban J connectivity index is 2.17. The number of nitrogens with zero attached hydrogens (tertiary/aromatic N) is 1. The lowest BCUT2D eigenvalue weighted by atomic mass is 9.93. The Morgan fingerprint density at radius 2 is 1.85 bits per heavy atom. The number of hydrogen-bond donors (Lipinski definition) is 1. The Labute approximate surface area is 117 Å². The molecule has 0 amide bonds. The molecule has 0 spiro atoms. The number of rotatable bonds is 2. The summed E-state index contributed by atoms with van der Waals surface area (Å²) in [6, 6.07) is 14.1. The van der Waals surface area contributed by atoms with Gasteiger partial charge in [0, 0.05) is 11.6 Å². The van der Waals surface area contributed by atoms with E-state index in [9.17, 15) is 4.39 Å². The highest BCUT2D eigenvalue weighted by atomic mass is 19.1. The van der Waals surface area contributed by atoms with E-state index in [2.05, 4.69) is 4.98 Å². The van der Waals surface area contributed by atoms with Crippen LogP contribution in [-0.2, 0) is 0 Å². The first-order chi connectivity index (χ1) is 9.66. The van der Waals surface area contributed by atoms with Crippen molar-refractivity contribution in [3.63, 3.8) is 0 Å². The molecule has 0 fully saturated rings. The SMILES string of the molecule is Cc1ccc(F)cc1C(N)c1ccnc2ccccc12. The summed E-state index contributed by atoms with van der Waals surface area (Å²) in [4.78, 5) is 4.33. The highest BCUT2D eigenvalue weighted by Crippen LogP contribution is 2.28. The molecule has 1 atom stereocenters. The van der Waals surface area contributed by atoms with Crippen molar-refractivity contribution in [1.29, 1.82) is 0 Å². The monoisotopic (exact) mass is 266 g/mol. The van der Waals surface area contributed by atoms with E-state index in [0.717, 1.165) is 27.6 Å². The van der Waals surface area contributed by atoms with Gasteiger partial charge in [-0.2, -0.15) is 0 Å². The largest absolute Gasteiger partial charge is 0.320 e. The summed E-state index contributed by atoms with van der Waals surface area (Å²) < 4.78 is 13.5. The van der Waals surface area contributed by atoms with E-state index in [-0.39, 0.29) is 11.9 Å². The Morgan fingerprint density at radius 1 is 1.05 bits per heavy atom. The van der Waals surface area contributed by atoms with Crippen molar-refractivity contribution in [2.45, 2.75) is 13.0 Å². The summed E-state index contributed by atoms with van der Waals surface area (Å²) in [5.41, 5.74) is 10.0. The number of para-hydroxylation sites is 1. The molecule has 0 aliphatic rings. The first-order valence-electron chi connectivity index (χ1n) is 6.52. The van der Waals surface area contributed by atoms with Crippen molar-refractivity contribution < 1.29 is 4.39 Å². The lowest BCUT2D eigenvalue weighted by Crippen LogP contribution is -2.14. The molecule has 3 aromatic rings. The number of benzene rings is 2. The average Bonchev–Trinajstić information content (AvgIpc) is 2.48. The van der Waals surface area contributed by atoms with Gasteiger partial charge in [0.05, 0.1) is 11.6 Å². The summed E-state index contributed by atoms with van der Waals surface area (Å²) >= 11 is 0. The molecule has 0 aliphatic heterocycles. The second kappa shape index (κ2) is 5.02. The van der Waals surface area contributed by atoms with Crippen LogP contribution in [0.2, 0.25) is 0 Å². The zero-order valence-corrected chi connectivity index (χ0v) is 11.2. The third-order valence-electron chi connectivity index (χ3n) is 3.59. The van der Waals surface area contributed by atoms with Crippen LogP contribution in [0.25, 0.3) is 10.9 Å². The summed E-state index contributed by atoms with van der Waals surface area (Å²) in [7, 11) is 0. The van der Waals surface area contributed by atoms with E-state index in [1.165, 1.54) is 12.1 Å². The van der Waals surface area contributed by atoms with Gasteiger partial charge >= 0.3 is 0 Å². The van der Waals surface area contributed by atoms with E-state index in [4.69, 9.17) is 5.73 Å². The van der Waals surface area contributed by atoms with E-state index < -0.39 is 0 Å². The van der Waals surface area contributed by atoms with Crippen LogP contribution in [-0.4, -0.2) is 4.98 Å². The highest BCUT2D eigenvalue weighted by molar-refractivity contribution is 5.82. The zero-order chi connectivity index (χ0) is 14.1. The predicted octanol–water partition coefficient (Wildman–Crippen LogP) is 3.73. The molecule has 0 saturated heterocycles. The Morgan fingerprint density at radius 3 is 2.70 bits per heavy atom. The van der Waals surface area contributed by atoms with Gasteiger partial charge in [0.1, 0.15) is 5.82 Å². The quantitative estimate of drug-likeness (QED) is 0.767. The molecule has 3 heteroatoms. The molecule has 100 valence electrons. The third-order valence-corrected chi connectivity index (χ3v) is 3.59. The number of aryl methyl sites for hydroxylation is 1. The minimum absolute atomic E-state index is 0.264. The van der Waals surface area contributed by atoms with Crippen molar-refractivity contribution in [2.24, 2.45) is 5.73 Å². The van der Waals surface area contributed by atoms with Crippen molar-refractivity contribution in [2.75, 3.05) is 0 Å². The summed E-state index contributed by atoms with van der Waals surface area (Å²) in [5.74, 6) is -0.264. The molecule has 2 N–H and O–H groups in total. The fourth-order valence-corrected chi connectivity index (χ4v) is 2.50. The summed E-state index contributed by atoms with van der Waals surface area (Å²) in [6.07, 6.45) is 1.74. The Bertz CT molecular complexity index is 763. The van der Waals surface area contributed by atoms with Crippen LogP contribution in [0.15, 0.2) is 54.7 Å². The molecule has 1 aromatic heterocycles. The molecule has 1 heterocycles. The molecule has 0 aliphatic carbocycles. The predicted molar refractivity (Wildman–Crippen MR) is 78.9 cm³/mol. The van der Waals surface area contributed by atoms with Gasteiger partial charge in [0.2, 0.25) is 0 Å². The molecular formula is C17H15FN2. The number of pyridine rings is 1. The van der Waals surface area contributed by atoms with Crippen molar-refractivity contribution in [1.82, 2.24) is 4.98 Å². The molecular weight excluding hydrogens is 251 g/mol. The highest BCUT2D eigenvalue weighted by Gasteiger charge is 2.15. The number of halogens is 1. The fourth-order valence-electron chi connectivity index (χ4n) is 2.50. The molecule has 0 radical (unpaired) electrons. The minimum atomic E-state index is -0.362. The Hall–Kier alpha value is -2.26. The van der Waals surface area contributed by atoms with E-state index in [1.54, 1.807) is 12.3 Å². The standard InChI is InChI=1S/C17H15FN2/c1-11-6-7-12(18)10-15(11)17(19)14-8-9-20-16-5-3-2-4-13(14)16/h2-10,17H,19H2,1H3. The molecule has 0 saturated carbocycles. The van der Waals surface area contributed by atoms with Crippen molar-refractivity contribution in [3.05, 3.63) is 77.2 Å². The van der Waals surface area contributed by atoms with E-state index in [1.807, 2.05) is 37.3 Å². The number of fused-ring (bicyclic) bond motifs is 1.